The highest BCUT2D eigenvalue weighted by molar-refractivity contribution is 7.12. The van der Waals surface area contributed by atoms with E-state index in [1.807, 2.05) is 0 Å². The fraction of sp³-hybridized carbons (Fsp3) is 0.421. The summed E-state index contributed by atoms with van der Waals surface area (Å²) in [6.07, 6.45) is 1.18. The van der Waals surface area contributed by atoms with Crippen LogP contribution in [0.25, 0.3) is 10.7 Å². The molecular formula is C19H19F3N6OS. The van der Waals surface area contributed by atoms with Crippen molar-refractivity contribution in [1.29, 1.82) is 0 Å². The highest BCUT2D eigenvalue weighted by atomic mass is 32.1. The molecule has 11 heteroatoms. The molecule has 1 fully saturated rings. The zero-order valence-corrected chi connectivity index (χ0v) is 16.9. The number of rotatable bonds is 5. The maximum absolute atomic E-state index is 13.2. The van der Waals surface area contributed by atoms with Crippen LogP contribution in [-0.2, 0) is 6.18 Å². The van der Waals surface area contributed by atoms with Crippen LogP contribution in [0.3, 0.4) is 0 Å². The molecule has 1 aliphatic heterocycles. The minimum atomic E-state index is -4.56. The van der Waals surface area contributed by atoms with Gasteiger partial charge in [0.2, 0.25) is 0 Å². The normalized spacial score (nSPS) is 18.3. The third-order valence-electron chi connectivity index (χ3n) is 5.00. The SMILES string of the molecule is C[C@@H](Oc1cccnc1C(F)(F)F)C1CCCN(c2cncc(-c3nncs3)n2)C1. The summed E-state index contributed by atoms with van der Waals surface area (Å²) in [6, 6.07) is 2.75. The minimum Gasteiger partial charge on any atom is -0.488 e. The maximum Gasteiger partial charge on any atom is 0.437 e. The predicted octanol–water partition coefficient (Wildman–Crippen LogP) is 4.09. The summed E-state index contributed by atoms with van der Waals surface area (Å²) < 4.78 is 45.3. The number of piperidine rings is 1. The van der Waals surface area contributed by atoms with Gasteiger partial charge in [-0.3, -0.25) is 4.98 Å². The molecule has 1 aliphatic rings. The lowest BCUT2D eigenvalue weighted by molar-refractivity contribution is -0.143. The Kier molecular flexibility index (Phi) is 5.80. The maximum atomic E-state index is 13.2. The van der Waals surface area contributed by atoms with Gasteiger partial charge in [-0.1, -0.05) is 11.3 Å². The molecule has 3 aromatic rings. The van der Waals surface area contributed by atoms with Gasteiger partial charge in [0.05, 0.1) is 12.4 Å². The van der Waals surface area contributed by atoms with Gasteiger partial charge in [-0.2, -0.15) is 13.2 Å². The average molecular weight is 436 g/mol. The zero-order chi connectivity index (χ0) is 21.1. The first-order valence-electron chi connectivity index (χ1n) is 9.44. The summed E-state index contributed by atoms with van der Waals surface area (Å²) in [5.74, 6) is 0.497. The highest BCUT2D eigenvalue weighted by Gasteiger charge is 2.37. The van der Waals surface area contributed by atoms with Crippen LogP contribution in [0.1, 0.15) is 25.5 Å². The predicted molar refractivity (Wildman–Crippen MR) is 105 cm³/mol. The molecule has 0 bridgehead atoms. The first kappa shape index (κ1) is 20.5. The summed E-state index contributed by atoms with van der Waals surface area (Å²) >= 11 is 1.38. The number of hydrogen-bond acceptors (Lipinski definition) is 8. The van der Waals surface area contributed by atoms with E-state index < -0.39 is 18.0 Å². The third-order valence-corrected chi connectivity index (χ3v) is 5.71. The Morgan fingerprint density at radius 2 is 2.17 bits per heavy atom. The van der Waals surface area contributed by atoms with E-state index in [2.05, 4.69) is 30.0 Å². The number of aromatic nitrogens is 5. The Labute approximate surface area is 175 Å². The summed E-state index contributed by atoms with van der Waals surface area (Å²) in [4.78, 5) is 14.4. The molecule has 0 N–H and O–H groups in total. The lowest BCUT2D eigenvalue weighted by Crippen LogP contribution is -2.42. The average Bonchev–Trinajstić information content (AvgIpc) is 3.29. The molecule has 4 heterocycles. The molecule has 1 saturated heterocycles. The van der Waals surface area contributed by atoms with Crippen molar-refractivity contribution in [2.75, 3.05) is 18.0 Å². The lowest BCUT2D eigenvalue weighted by Gasteiger charge is -2.36. The Hall–Kier alpha value is -2.82. The smallest absolute Gasteiger partial charge is 0.437 e. The van der Waals surface area contributed by atoms with Crippen LogP contribution in [0.2, 0.25) is 0 Å². The van der Waals surface area contributed by atoms with Crippen LogP contribution in [0.15, 0.2) is 36.2 Å². The second kappa shape index (κ2) is 8.50. The van der Waals surface area contributed by atoms with E-state index in [1.165, 1.54) is 23.5 Å². The fourth-order valence-corrected chi connectivity index (χ4v) is 4.00. The standard InChI is InChI=1S/C19H19F3N6OS/c1-12(29-15-5-2-6-24-17(15)19(20,21)22)13-4-3-7-28(10-13)16-9-23-8-14(26-16)18-27-25-11-30-18/h2,5-6,8-9,11-13H,3-4,7,10H2,1H3/t12-,13?/m1/s1. The van der Waals surface area contributed by atoms with Crippen LogP contribution in [0.5, 0.6) is 5.75 Å². The van der Waals surface area contributed by atoms with Gasteiger partial charge in [-0.25, -0.2) is 9.97 Å². The number of nitrogens with zero attached hydrogens (tertiary/aromatic N) is 6. The molecule has 1 unspecified atom stereocenters. The van der Waals surface area contributed by atoms with E-state index in [-0.39, 0.29) is 11.7 Å². The Bertz CT molecular complexity index is 984. The molecule has 4 rings (SSSR count). The Morgan fingerprint density at radius 1 is 1.30 bits per heavy atom. The summed E-state index contributed by atoms with van der Waals surface area (Å²) in [5.41, 5.74) is 1.28. The number of ether oxygens (including phenoxy) is 1. The molecule has 0 radical (unpaired) electrons. The number of hydrogen-bond donors (Lipinski definition) is 0. The first-order chi connectivity index (χ1) is 14.4. The van der Waals surface area contributed by atoms with Crippen molar-refractivity contribution in [3.05, 3.63) is 41.9 Å². The molecule has 0 spiro atoms. The van der Waals surface area contributed by atoms with Crippen molar-refractivity contribution in [3.8, 4) is 16.5 Å². The largest absolute Gasteiger partial charge is 0.488 e. The monoisotopic (exact) mass is 436 g/mol. The summed E-state index contributed by atoms with van der Waals surface area (Å²) in [7, 11) is 0. The first-order valence-corrected chi connectivity index (χ1v) is 10.3. The number of anilines is 1. The molecule has 2 atom stereocenters. The van der Waals surface area contributed by atoms with Crippen molar-refractivity contribution in [2.45, 2.75) is 32.0 Å². The van der Waals surface area contributed by atoms with Crippen LogP contribution < -0.4 is 9.64 Å². The quantitative estimate of drug-likeness (QED) is 0.596. The second-order valence-corrected chi connectivity index (χ2v) is 7.86. The highest BCUT2D eigenvalue weighted by Crippen LogP contribution is 2.36. The van der Waals surface area contributed by atoms with Crippen molar-refractivity contribution in [1.82, 2.24) is 25.1 Å². The van der Waals surface area contributed by atoms with E-state index in [9.17, 15) is 13.2 Å². The van der Waals surface area contributed by atoms with E-state index in [4.69, 9.17) is 4.74 Å². The van der Waals surface area contributed by atoms with Crippen LogP contribution in [0.4, 0.5) is 19.0 Å². The number of pyridine rings is 1. The van der Waals surface area contributed by atoms with Crippen molar-refractivity contribution >= 4 is 17.2 Å². The summed E-state index contributed by atoms with van der Waals surface area (Å²) in [5, 5.41) is 8.53. The van der Waals surface area contributed by atoms with Gasteiger partial charge in [-0.15, -0.1) is 10.2 Å². The van der Waals surface area contributed by atoms with Crippen LogP contribution in [0, 0.1) is 5.92 Å². The molecule has 158 valence electrons. The van der Waals surface area contributed by atoms with E-state index in [1.54, 1.807) is 24.8 Å². The van der Waals surface area contributed by atoms with Crippen LogP contribution >= 0.6 is 11.3 Å². The minimum absolute atomic E-state index is 0.0343. The third kappa shape index (κ3) is 4.50. The topological polar surface area (TPSA) is 76.9 Å². The molecular weight excluding hydrogens is 417 g/mol. The van der Waals surface area contributed by atoms with Crippen LogP contribution in [-0.4, -0.2) is 44.3 Å². The van der Waals surface area contributed by atoms with Gasteiger partial charge in [-0.05, 0) is 31.9 Å². The van der Waals surface area contributed by atoms with Gasteiger partial charge in [0.25, 0.3) is 0 Å². The van der Waals surface area contributed by atoms with Gasteiger partial charge in [0.1, 0.15) is 23.1 Å². The van der Waals surface area contributed by atoms with Gasteiger partial charge in [0, 0.05) is 25.2 Å². The van der Waals surface area contributed by atoms with E-state index in [0.717, 1.165) is 25.6 Å². The molecule has 0 amide bonds. The molecule has 0 aromatic carbocycles. The second-order valence-electron chi connectivity index (χ2n) is 7.03. The lowest BCUT2D eigenvalue weighted by atomic mass is 9.93. The molecule has 0 aliphatic carbocycles. The number of alkyl halides is 3. The number of halogens is 3. The van der Waals surface area contributed by atoms with E-state index >= 15 is 0 Å². The fourth-order valence-electron chi connectivity index (χ4n) is 3.49. The van der Waals surface area contributed by atoms with Gasteiger partial charge >= 0.3 is 6.18 Å². The molecule has 7 nitrogen and oxygen atoms in total. The zero-order valence-electron chi connectivity index (χ0n) is 16.1. The van der Waals surface area contributed by atoms with Crippen molar-refractivity contribution in [3.63, 3.8) is 0 Å². The van der Waals surface area contributed by atoms with Gasteiger partial charge in [0.15, 0.2) is 16.5 Å². The Balaban J connectivity index is 1.48. The molecule has 30 heavy (non-hydrogen) atoms. The molecule has 3 aromatic heterocycles. The van der Waals surface area contributed by atoms with Crippen molar-refractivity contribution in [2.24, 2.45) is 5.92 Å². The van der Waals surface area contributed by atoms with Crippen molar-refractivity contribution < 1.29 is 17.9 Å². The Morgan fingerprint density at radius 3 is 2.93 bits per heavy atom. The van der Waals surface area contributed by atoms with Gasteiger partial charge < -0.3 is 9.64 Å². The summed E-state index contributed by atoms with van der Waals surface area (Å²) in [6.45, 7) is 3.19. The van der Waals surface area contributed by atoms with E-state index in [0.29, 0.717) is 23.1 Å². The molecule has 0 saturated carbocycles.